The van der Waals surface area contributed by atoms with E-state index in [4.69, 9.17) is 5.11 Å². The summed E-state index contributed by atoms with van der Waals surface area (Å²) in [6.07, 6.45) is 3.34. The van der Waals surface area contributed by atoms with E-state index in [2.05, 4.69) is 9.97 Å². The van der Waals surface area contributed by atoms with Gasteiger partial charge in [0.1, 0.15) is 0 Å². The van der Waals surface area contributed by atoms with E-state index in [0.29, 0.717) is 12.5 Å². The first kappa shape index (κ1) is 13.1. The van der Waals surface area contributed by atoms with Gasteiger partial charge in [-0.15, -0.1) is 11.3 Å². The summed E-state index contributed by atoms with van der Waals surface area (Å²) < 4.78 is 0. The van der Waals surface area contributed by atoms with Crippen LogP contribution in [0.2, 0.25) is 0 Å². The minimum atomic E-state index is -0.732. The summed E-state index contributed by atoms with van der Waals surface area (Å²) in [7, 11) is 0. The van der Waals surface area contributed by atoms with Crippen molar-refractivity contribution in [1.29, 1.82) is 0 Å². The average molecular weight is 289 g/mol. The van der Waals surface area contributed by atoms with Crippen LogP contribution in [0, 0.1) is 5.92 Å². The third-order valence-electron chi connectivity index (χ3n) is 3.47. The van der Waals surface area contributed by atoms with Crippen molar-refractivity contribution in [3.8, 4) is 10.6 Å². The van der Waals surface area contributed by atoms with Crippen LogP contribution in [-0.4, -0.2) is 34.1 Å². The predicted molar refractivity (Wildman–Crippen MR) is 77.9 cm³/mol. The van der Waals surface area contributed by atoms with Gasteiger partial charge in [-0.05, 0) is 30.4 Å². The highest BCUT2D eigenvalue weighted by Crippen LogP contribution is 2.25. The summed E-state index contributed by atoms with van der Waals surface area (Å²) in [6.45, 7) is 1.31. The van der Waals surface area contributed by atoms with Gasteiger partial charge < -0.3 is 10.0 Å². The molecule has 0 amide bonds. The van der Waals surface area contributed by atoms with Gasteiger partial charge in [0.05, 0.1) is 16.5 Å². The number of carbonyl (C=O) groups is 1. The van der Waals surface area contributed by atoms with E-state index >= 15 is 0 Å². The molecule has 0 aromatic carbocycles. The van der Waals surface area contributed by atoms with Crippen molar-refractivity contribution in [3.05, 3.63) is 29.8 Å². The Bertz CT molecular complexity index is 600. The van der Waals surface area contributed by atoms with Gasteiger partial charge in [-0.2, -0.15) is 0 Å². The average Bonchev–Trinajstić information content (AvgIpc) is 3.02. The lowest BCUT2D eigenvalue weighted by Crippen LogP contribution is -2.39. The Morgan fingerprint density at radius 1 is 1.45 bits per heavy atom. The van der Waals surface area contributed by atoms with E-state index < -0.39 is 5.97 Å². The molecule has 104 valence electrons. The Kier molecular flexibility index (Phi) is 3.64. The minimum Gasteiger partial charge on any atom is -0.481 e. The topological polar surface area (TPSA) is 66.3 Å². The largest absolute Gasteiger partial charge is 0.481 e. The van der Waals surface area contributed by atoms with Crippen LogP contribution in [0.3, 0.4) is 0 Å². The lowest BCUT2D eigenvalue weighted by molar-refractivity contribution is -0.141. The zero-order valence-corrected chi connectivity index (χ0v) is 11.7. The maximum atomic E-state index is 11.1. The zero-order valence-electron chi connectivity index (χ0n) is 10.9. The first-order chi connectivity index (χ1) is 9.74. The molecule has 3 heterocycles. The molecule has 0 aliphatic carbocycles. The van der Waals surface area contributed by atoms with Crippen molar-refractivity contribution in [2.45, 2.75) is 12.8 Å². The SMILES string of the molecule is O=C(O)C1CCCN(c2nccc(-c3cccs3)n2)C1. The molecule has 1 N–H and O–H groups in total. The molecular weight excluding hydrogens is 274 g/mol. The molecule has 6 heteroatoms. The molecule has 2 aromatic rings. The summed E-state index contributed by atoms with van der Waals surface area (Å²) in [4.78, 5) is 23.0. The van der Waals surface area contributed by atoms with Gasteiger partial charge in [-0.3, -0.25) is 4.79 Å². The van der Waals surface area contributed by atoms with Crippen molar-refractivity contribution < 1.29 is 9.90 Å². The summed E-state index contributed by atoms with van der Waals surface area (Å²) in [5, 5.41) is 11.2. The molecule has 3 rings (SSSR count). The van der Waals surface area contributed by atoms with Gasteiger partial charge in [-0.25, -0.2) is 9.97 Å². The molecular formula is C14H15N3O2S. The highest BCUT2D eigenvalue weighted by Gasteiger charge is 2.26. The fraction of sp³-hybridized carbons (Fsp3) is 0.357. The Labute approximate surface area is 120 Å². The van der Waals surface area contributed by atoms with E-state index in [1.165, 1.54) is 0 Å². The lowest BCUT2D eigenvalue weighted by atomic mass is 9.99. The van der Waals surface area contributed by atoms with Crippen molar-refractivity contribution >= 4 is 23.3 Å². The van der Waals surface area contributed by atoms with Gasteiger partial charge in [0.15, 0.2) is 0 Å². The molecule has 20 heavy (non-hydrogen) atoms. The van der Waals surface area contributed by atoms with Crippen molar-refractivity contribution in [2.24, 2.45) is 5.92 Å². The number of hydrogen-bond acceptors (Lipinski definition) is 5. The number of carboxylic acids is 1. The molecule has 1 fully saturated rings. The molecule has 1 saturated heterocycles. The zero-order chi connectivity index (χ0) is 13.9. The van der Waals surface area contributed by atoms with Crippen LogP contribution >= 0.6 is 11.3 Å². The summed E-state index contributed by atoms with van der Waals surface area (Å²) in [5.74, 6) is -0.427. The van der Waals surface area contributed by atoms with E-state index in [-0.39, 0.29) is 5.92 Å². The van der Waals surface area contributed by atoms with Crippen molar-refractivity contribution in [3.63, 3.8) is 0 Å². The van der Waals surface area contributed by atoms with E-state index in [0.717, 1.165) is 30.0 Å². The van der Waals surface area contributed by atoms with Crippen LogP contribution in [0.4, 0.5) is 5.95 Å². The molecule has 2 aromatic heterocycles. The molecule has 1 aliphatic heterocycles. The quantitative estimate of drug-likeness (QED) is 0.940. The fourth-order valence-electron chi connectivity index (χ4n) is 2.42. The Hall–Kier alpha value is -1.95. The van der Waals surface area contributed by atoms with Gasteiger partial charge in [0.2, 0.25) is 5.95 Å². The minimum absolute atomic E-state index is 0.322. The van der Waals surface area contributed by atoms with Crippen LogP contribution < -0.4 is 4.90 Å². The van der Waals surface area contributed by atoms with Gasteiger partial charge in [0.25, 0.3) is 0 Å². The first-order valence-electron chi connectivity index (χ1n) is 6.59. The molecule has 1 aliphatic rings. The summed E-state index contributed by atoms with van der Waals surface area (Å²) >= 11 is 1.63. The highest BCUT2D eigenvalue weighted by molar-refractivity contribution is 7.13. The normalized spacial score (nSPS) is 19.0. The maximum Gasteiger partial charge on any atom is 0.308 e. The molecule has 0 radical (unpaired) electrons. The molecule has 0 bridgehead atoms. The number of carboxylic acid groups (broad SMARTS) is 1. The smallest absolute Gasteiger partial charge is 0.308 e. The number of aliphatic carboxylic acids is 1. The Morgan fingerprint density at radius 2 is 2.35 bits per heavy atom. The third kappa shape index (κ3) is 2.65. The Morgan fingerprint density at radius 3 is 3.10 bits per heavy atom. The monoisotopic (exact) mass is 289 g/mol. The molecule has 0 saturated carbocycles. The number of piperidine rings is 1. The number of aromatic nitrogens is 2. The van der Waals surface area contributed by atoms with E-state index in [1.54, 1.807) is 17.5 Å². The van der Waals surface area contributed by atoms with Crippen molar-refractivity contribution in [1.82, 2.24) is 9.97 Å². The van der Waals surface area contributed by atoms with Gasteiger partial charge >= 0.3 is 5.97 Å². The number of hydrogen-bond donors (Lipinski definition) is 1. The predicted octanol–water partition coefficient (Wildman–Crippen LogP) is 2.51. The second kappa shape index (κ2) is 5.58. The van der Waals surface area contributed by atoms with E-state index in [9.17, 15) is 4.79 Å². The van der Waals surface area contributed by atoms with Crippen LogP contribution in [0.1, 0.15) is 12.8 Å². The van der Waals surface area contributed by atoms with Crippen LogP contribution in [0.15, 0.2) is 29.8 Å². The van der Waals surface area contributed by atoms with Gasteiger partial charge in [-0.1, -0.05) is 6.07 Å². The lowest BCUT2D eigenvalue weighted by Gasteiger charge is -2.30. The molecule has 0 spiro atoms. The number of nitrogens with zero attached hydrogens (tertiary/aromatic N) is 3. The molecule has 5 nitrogen and oxygen atoms in total. The number of thiophene rings is 1. The summed E-state index contributed by atoms with van der Waals surface area (Å²) in [6, 6.07) is 5.89. The van der Waals surface area contributed by atoms with Crippen molar-refractivity contribution in [2.75, 3.05) is 18.0 Å². The Balaban J connectivity index is 1.83. The fourth-order valence-corrected chi connectivity index (χ4v) is 3.12. The first-order valence-corrected chi connectivity index (χ1v) is 7.46. The van der Waals surface area contributed by atoms with Crippen LogP contribution in [0.5, 0.6) is 0 Å². The molecule has 1 atom stereocenters. The number of rotatable bonds is 3. The van der Waals surface area contributed by atoms with E-state index in [1.807, 2.05) is 28.5 Å². The maximum absolute atomic E-state index is 11.1. The standard InChI is InChI=1S/C14H15N3O2S/c18-13(19)10-3-1-7-17(9-10)14-15-6-5-11(16-14)12-4-2-8-20-12/h2,4-6,8,10H,1,3,7,9H2,(H,18,19). The third-order valence-corrected chi connectivity index (χ3v) is 4.36. The van der Waals surface area contributed by atoms with Crippen LogP contribution in [-0.2, 0) is 4.79 Å². The molecule has 1 unspecified atom stereocenters. The summed E-state index contributed by atoms with van der Waals surface area (Å²) in [5.41, 5.74) is 0.891. The van der Waals surface area contributed by atoms with Crippen LogP contribution in [0.25, 0.3) is 10.6 Å². The number of anilines is 1. The second-order valence-electron chi connectivity index (χ2n) is 4.84. The van der Waals surface area contributed by atoms with Gasteiger partial charge in [0, 0.05) is 19.3 Å². The second-order valence-corrected chi connectivity index (χ2v) is 5.79. The highest BCUT2D eigenvalue weighted by atomic mass is 32.1.